The number of aryl methyl sites for hydroxylation is 1. The van der Waals surface area contributed by atoms with E-state index in [9.17, 15) is 4.39 Å². The number of allylic oxidation sites excluding steroid dienone is 1. The number of alkyl halides is 1. The Hall–Kier alpha value is -1.12. The molecule has 0 aliphatic rings. The SMILES string of the molecule is C=CCC(F)c1cc(C)on1. The van der Waals surface area contributed by atoms with E-state index in [-0.39, 0.29) is 6.42 Å². The molecule has 1 aromatic heterocycles. The number of aromatic nitrogens is 1. The number of halogens is 1. The third kappa shape index (κ3) is 1.90. The van der Waals surface area contributed by atoms with Gasteiger partial charge in [0.25, 0.3) is 0 Å². The average molecular weight is 155 g/mol. The van der Waals surface area contributed by atoms with Crippen LogP contribution in [0.15, 0.2) is 23.2 Å². The molecule has 0 fully saturated rings. The molecule has 0 bridgehead atoms. The molecule has 1 unspecified atom stereocenters. The van der Waals surface area contributed by atoms with Crippen molar-refractivity contribution < 1.29 is 8.91 Å². The van der Waals surface area contributed by atoms with Crippen LogP contribution in [-0.4, -0.2) is 5.16 Å². The van der Waals surface area contributed by atoms with Gasteiger partial charge in [-0.25, -0.2) is 4.39 Å². The second kappa shape index (κ2) is 3.32. The van der Waals surface area contributed by atoms with Crippen molar-refractivity contribution in [2.24, 2.45) is 0 Å². The van der Waals surface area contributed by atoms with Gasteiger partial charge < -0.3 is 4.52 Å². The fourth-order valence-electron chi connectivity index (χ4n) is 0.800. The molecule has 11 heavy (non-hydrogen) atoms. The zero-order chi connectivity index (χ0) is 8.27. The van der Waals surface area contributed by atoms with Gasteiger partial charge in [-0.1, -0.05) is 11.2 Å². The van der Waals surface area contributed by atoms with Gasteiger partial charge in [0.1, 0.15) is 17.6 Å². The molecule has 0 spiro atoms. The molecule has 1 atom stereocenters. The maximum atomic E-state index is 13.0. The molecule has 1 rings (SSSR count). The van der Waals surface area contributed by atoms with Gasteiger partial charge in [-0.2, -0.15) is 0 Å². The van der Waals surface area contributed by atoms with Gasteiger partial charge in [0, 0.05) is 12.5 Å². The summed E-state index contributed by atoms with van der Waals surface area (Å²) in [5.74, 6) is 0.631. The molecule has 0 amide bonds. The Kier molecular flexibility index (Phi) is 2.41. The monoisotopic (exact) mass is 155 g/mol. The van der Waals surface area contributed by atoms with Crippen LogP contribution < -0.4 is 0 Å². The van der Waals surface area contributed by atoms with E-state index in [4.69, 9.17) is 4.52 Å². The topological polar surface area (TPSA) is 26.0 Å². The summed E-state index contributed by atoms with van der Waals surface area (Å²) in [6.45, 7) is 5.17. The van der Waals surface area contributed by atoms with Crippen LogP contribution in [-0.2, 0) is 0 Å². The van der Waals surface area contributed by atoms with Crippen LogP contribution in [0.2, 0.25) is 0 Å². The Morgan fingerprint density at radius 3 is 3.09 bits per heavy atom. The Labute approximate surface area is 64.7 Å². The van der Waals surface area contributed by atoms with Crippen LogP contribution in [0, 0.1) is 6.92 Å². The molecule has 0 saturated heterocycles. The molecule has 0 N–H and O–H groups in total. The van der Waals surface area contributed by atoms with Crippen LogP contribution in [0.1, 0.15) is 24.0 Å². The Balaban J connectivity index is 2.67. The first-order chi connectivity index (χ1) is 5.24. The molecule has 1 heterocycles. The summed E-state index contributed by atoms with van der Waals surface area (Å²) in [5.41, 5.74) is 0.349. The molecule has 0 radical (unpaired) electrons. The van der Waals surface area contributed by atoms with Crippen molar-refractivity contribution in [3.63, 3.8) is 0 Å². The van der Waals surface area contributed by atoms with Crippen LogP contribution in [0.25, 0.3) is 0 Å². The van der Waals surface area contributed by atoms with E-state index in [1.807, 2.05) is 0 Å². The van der Waals surface area contributed by atoms with Crippen LogP contribution in [0.4, 0.5) is 4.39 Å². The standard InChI is InChI=1S/C8H10FNO/c1-3-4-7(9)8-5-6(2)11-10-8/h3,5,7H,1,4H2,2H3. The molecule has 1 aromatic rings. The first-order valence-corrected chi connectivity index (χ1v) is 3.42. The van der Waals surface area contributed by atoms with Crippen molar-refractivity contribution in [2.75, 3.05) is 0 Å². The molecule has 60 valence electrons. The predicted molar refractivity (Wildman–Crippen MR) is 39.9 cm³/mol. The largest absolute Gasteiger partial charge is 0.361 e. The molecular formula is C8H10FNO. The highest BCUT2D eigenvalue weighted by Gasteiger charge is 2.11. The van der Waals surface area contributed by atoms with Crippen molar-refractivity contribution in [2.45, 2.75) is 19.5 Å². The van der Waals surface area contributed by atoms with Crippen LogP contribution in [0.3, 0.4) is 0 Å². The summed E-state index contributed by atoms with van der Waals surface area (Å²) in [5, 5.41) is 3.54. The van der Waals surface area contributed by atoms with Gasteiger partial charge in [-0.05, 0) is 6.92 Å². The summed E-state index contributed by atoms with van der Waals surface area (Å²) in [7, 11) is 0. The lowest BCUT2D eigenvalue weighted by Crippen LogP contribution is -1.88. The minimum atomic E-state index is -1.08. The van der Waals surface area contributed by atoms with Crippen molar-refractivity contribution in [3.05, 3.63) is 30.2 Å². The highest BCUT2D eigenvalue weighted by Crippen LogP contribution is 2.20. The smallest absolute Gasteiger partial charge is 0.149 e. The quantitative estimate of drug-likeness (QED) is 0.627. The lowest BCUT2D eigenvalue weighted by atomic mass is 10.2. The molecule has 3 heteroatoms. The van der Waals surface area contributed by atoms with E-state index in [0.717, 1.165) is 0 Å². The number of hydrogen-bond acceptors (Lipinski definition) is 2. The van der Waals surface area contributed by atoms with E-state index >= 15 is 0 Å². The van der Waals surface area contributed by atoms with Gasteiger partial charge in [0.05, 0.1) is 0 Å². The van der Waals surface area contributed by atoms with E-state index < -0.39 is 6.17 Å². The number of hydrogen-bond donors (Lipinski definition) is 0. The normalized spacial score (nSPS) is 12.9. The van der Waals surface area contributed by atoms with E-state index in [1.54, 1.807) is 13.0 Å². The Bertz CT molecular complexity index is 244. The van der Waals surface area contributed by atoms with E-state index in [0.29, 0.717) is 11.5 Å². The third-order valence-corrected chi connectivity index (χ3v) is 1.34. The molecule has 0 saturated carbocycles. The van der Waals surface area contributed by atoms with Gasteiger partial charge in [-0.15, -0.1) is 6.58 Å². The first-order valence-electron chi connectivity index (χ1n) is 3.42. The Morgan fingerprint density at radius 1 is 1.91 bits per heavy atom. The summed E-state index contributed by atoms with van der Waals surface area (Å²) in [6, 6.07) is 1.59. The molecular weight excluding hydrogens is 145 g/mol. The minimum absolute atomic E-state index is 0.284. The summed E-state index contributed by atoms with van der Waals surface area (Å²) >= 11 is 0. The average Bonchev–Trinajstić information content (AvgIpc) is 2.36. The van der Waals surface area contributed by atoms with Crippen molar-refractivity contribution in [1.82, 2.24) is 5.16 Å². The zero-order valence-electron chi connectivity index (χ0n) is 6.38. The van der Waals surface area contributed by atoms with Crippen molar-refractivity contribution >= 4 is 0 Å². The third-order valence-electron chi connectivity index (χ3n) is 1.34. The van der Waals surface area contributed by atoms with Gasteiger partial charge in [0.2, 0.25) is 0 Å². The number of rotatable bonds is 3. The lowest BCUT2D eigenvalue weighted by Gasteiger charge is -1.96. The van der Waals surface area contributed by atoms with Gasteiger partial charge >= 0.3 is 0 Å². The fraction of sp³-hybridized carbons (Fsp3) is 0.375. The first kappa shape index (κ1) is 7.98. The number of nitrogens with zero attached hydrogens (tertiary/aromatic N) is 1. The van der Waals surface area contributed by atoms with E-state index in [1.165, 1.54) is 6.08 Å². The van der Waals surface area contributed by atoms with Gasteiger partial charge in [-0.3, -0.25) is 0 Å². The fourth-order valence-corrected chi connectivity index (χ4v) is 0.800. The lowest BCUT2D eigenvalue weighted by molar-refractivity contribution is 0.312. The molecule has 2 nitrogen and oxygen atoms in total. The molecule has 0 aliphatic carbocycles. The second-order valence-electron chi connectivity index (χ2n) is 2.35. The highest BCUT2D eigenvalue weighted by atomic mass is 19.1. The summed E-state index contributed by atoms with van der Waals surface area (Å²) < 4.78 is 17.7. The maximum absolute atomic E-state index is 13.0. The summed E-state index contributed by atoms with van der Waals surface area (Å²) in [6.07, 6.45) is 0.727. The van der Waals surface area contributed by atoms with Gasteiger partial charge in [0.15, 0.2) is 0 Å². The predicted octanol–water partition coefficient (Wildman–Crippen LogP) is 2.57. The molecule has 0 aromatic carbocycles. The maximum Gasteiger partial charge on any atom is 0.149 e. The van der Waals surface area contributed by atoms with E-state index in [2.05, 4.69) is 11.7 Å². The van der Waals surface area contributed by atoms with Crippen LogP contribution in [0.5, 0.6) is 0 Å². The summed E-state index contributed by atoms with van der Waals surface area (Å²) in [4.78, 5) is 0. The second-order valence-corrected chi connectivity index (χ2v) is 2.35. The van der Waals surface area contributed by atoms with Crippen molar-refractivity contribution in [1.29, 1.82) is 0 Å². The zero-order valence-corrected chi connectivity index (χ0v) is 6.38. The molecule has 0 aliphatic heterocycles. The Morgan fingerprint density at radius 2 is 2.64 bits per heavy atom. The van der Waals surface area contributed by atoms with Crippen LogP contribution >= 0.6 is 0 Å². The highest BCUT2D eigenvalue weighted by molar-refractivity contribution is 5.07. The van der Waals surface area contributed by atoms with Crippen molar-refractivity contribution in [3.8, 4) is 0 Å². The minimum Gasteiger partial charge on any atom is -0.361 e.